The maximum absolute atomic E-state index is 12.8. The van der Waals surface area contributed by atoms with Crippen LogP contribution in [0.4, 0.5) is 5.69 Å². The van der Waals surface area contributed by atoms with E-state index in [1.165, 1.54) is 16.0 Å². The van der Waals surface area contributed by atoms with E-state index in [1.54, 1.807) is 17.1 Å². The summed E-state index contributed by atoms with van der Waals surface area (Å²) in [5, 5.41) is 4.35. The Bertz CT molecular complexity index is 846. The molecular weight excluding hydrogens is 318 g/mol. The summed E-state index contributed by atoms with van der Waals surface area (Å²) in [6.07, 6.45) is 4.98. The molecule has 3 aliphatic heterocycles. The van der Waals surface area contributed by atoms with Crippen molar-refractivity contribution in [3.63, 3.8) is 0 Å². The van der Waals surface area contributed by atoms with Crippen molar-refractivity contribution in [3.8, 4) is 0 Å². The number of carbonyl (C=O) groups is 2. The molecule has 5 rings (SSSR count). The molecule has 25 heavy (non-hydrogen) atoms. The lowest BCUT2D eigenvalue weighted by Gasteiger charge is -2.15. The van der Waals surface area contributed by atoms with Gasteiger partial charge in [-0.15, -0.1) is 0 Å². The number of hydrogen-bond acceptors (Lipinski definition) is 4. The van der Waals surface area contributed by atoms with E-state index in [0.29, 0.717) is 12.2 Å². The summed E-state index contributed by atoms with van der Waals surface area (Å²) in [5.74, 6) is -0.854. The van der Waals surface area contributed by atoms with Crippen molar-refractivity contribution in [1.82, 2.24) is 9.78 Å². The van der Waals surface area contributed by atoms with Gasteiger partial charge in [-0.3, -0.25) is 14.3 Å². The second kappa shape index (κ2) is 5.26. The van der Waals surface area contributed by atoms with Crippen LogP contribution in [0.5, 0.6) is 0 Å². The highest BCUT2D eigenvalue weighted by molar-refractivity contribution is 6.22. The lowest BCUT2D eigenvalue weighted by molar-refractivity contribution is -0.124. The smallest absolute Gasteiger partial charge is 0.240 e. The van der Waals surface area contributed by atoms with Crippen LogP contribution >= 0.6 is 0 Å². The lowest BCUT2D eigenvalue weighted by atomic mass is 9.81. The lowest BCUT2D eigenvalue weighted by Crippen LogP contribution is -2.34. The van der Waals surface area contributed by atoms with E-state index in [9.17, 15) is 9.59 Å². The van der Waals surface area contributed by atoms with E-state index in [2.05, 4.69) is 24.2 Å². The third-order valence-corrected chi connectivity index (χ3v) is 5.76. The molecule has 0 radical (unpaired) electrons. The molecule has 3 saturated heterocycles. The molecule has 2 aromatic rings. The van der Waals surface area contributed by atoms with Gasteiger partial charge in [0, 0.05) is 6.20 Å². The summed E-state index contributed by atoms with van der Waals surface area (Å²) in [4.78, 5) is 26.9. The normalized spacial score (nSPS) is 30.4. The van der Waals surface area contributed by atoms with Gasteiger partial charge in [0.25, 0.3) is 0 Å². The van der Waals surface area contributed by atoms with Crippen LogP contribution in [0, 0.1) is 18.8 Å². The minimum Gasteiger partial charge on any atom is -0.373 e. The maximum atomic E-state index is 12.8. The molecule has 2 amide bonds. The first-order chi connectivity index (χ1) is 12.1. The fraction of sp³-hybridized carbons (Fsp3) is 0.421. The molecule has 128 valence electrons. The van der Waals surface area contributed by atoms with Crippen molar-refractivity contribution in [3.05, 3.63) is 47.8 Å². The van der Waals surface area contributed by atoms with Crippen LogP contribution in [0.15, 0.2) is 36.7 Å². The zero-order chi connectivity index (χ0) is 17.1. The Labute approximate surface area is 145 Å². The molecule has 0 unspecified atom stereocenters. The number of aryl methyl sites for hydroxylation is 1. The molecule has 2 bridgehead atoms. The van der Waals surface area contributed by atoms with Crippen LogP contribution in [0.1, 0.15) is 24.0 Å². The average Bonchev–Trinajstić information content (AvgIpc) is 3.35. The molecular formula is C19H19N3O3. The topological polar surface area (TPSA) is 64.4 Å². The summed E-state index contributed by atoms with van der Waals surface area (Å²) in [7, 11) is 0. The minimum atomic E-state index is -0.300. The third-order valence-electron chi connectivity index (χ3n) is 5.76. The van der Waals surface area contributed by atoms with Crippen molar-refractivity contribution in [2.24, 2.45) is 11.8 Å². The number of ether oxygens (including phenoxy) is 1. The van der Waals surface area contributed by atoms with Gasteiger partial charge in [-0.1, -0.05) is 24.3 Å². The first-order valence-corrected chi connectivity index (χ1v) is 8.74. The molecule has 6 heteroatoms. The number of amides is 2. The molecule has 0 spiro atoms. The van der Waals surface area contributed by atoms with Gasteiger partial charge in [0.2, 0.25) is 11.8 Å². The quantitative estimate of drug-likeness (QED) is 0.803. The Balaban J connectivity index is 1.41. The van der Waals surface area contributed by atoms with E-state index < -0.39 is 0 Å². The van der Waals surface area contributed by atoms with Gasteiger partial charge in [-0.25, -0.2) is 4.90 Å². The van der Waals surface area contributed by atoms with E-state index in [1.807, 2.05) is 12.1 Å². The molecule has 0 aliphatic carbocycles. The monoisotopic (exact) mass is 337 g/mol. The fourth-order valence-corrected chi connectivity index (χ4v) is 4.48. The number of imide groups is 1. The van der Waals surface area contributed by atoms with Gasteiger partial charge in [0.05, 0.1) is 42.5 Å². The van der Waals surface area contributed by atoms with Gasteiger partial charge in [0.15, 0.2) is 0 Å². The molecule has 6 nitrogen and oxygen atoms in total. The predicted octanol–water partition coefficient (Wildman–Crippen LogP) is 1.91. The van der Waals surface area contributed by atoms with Crippen LogP contribution in [0.3, 0.4) is 0 Å². The van der Waals surface area contributed by atoms with Crippen LogP contribution in [-0.4, -0.2) is 33.8 Å². The molecule has 3 fully saturated rings. The molecule has 1 aromatic carbocycles. The highest BCUT2D eigenvalue weighted by atomic mass is 16.5. The van der Waals surface area contributed by atoms with Crippen molar-refractivity contribution in [1.29, 1.82) is 0 Å². The minimum absolute atomic E-state index is 0.0848. The van der Waals surface area contributed by atoms with Gasteiger partial charge in [-0.2, -0.15) is 5.10 Å². The number of anilines is 1. The zero-order valence-electron chi connectivity index (χ0n) is 14.0. The maximum Gasteiger partial charge on any atom is 0.240 e. The summed E-state index contributed by atoms with van der Waals surface area (Å²) in [6, 6.07) is 8.12. The largest absolute Gasteiger partial charge is 0.373 e. The highest BCUT2D eigenvalue weighted by Gasteiger charge is 2.62. The summed E-state index contributed by atoms with van der Waals surface area (Å²) in [5.41, 5.74) is 2.92. The standard InChI is InChI=1S/C19H19N3O3/c1-11-4-2-3-5-12(11)9-21-10-13(8-20-21)22-18(23)16-14-6-7-15(25-14)17(16)19(22)24/h2-5,8,10,14-17H,6-7,9H2,1H3/t14-,15-,16-,17-/m0/s1. The second-order valence-corrected chi connectivity index (χ2v) is 7.18. The highest BCUT2D eigenvalue weighted by Crippen LogP contribution is 2.49. The van der Waals surface area contributed by atoms with Crippen LogP contribution in [0.2, 0.25) is 0 Å². The van der Waals surface area contributed by atoms with Crippen molar-refractivity contribution >= 4 is 17.5 Å². The fourth-order valence-electron chi connectivity index (χ4n) is 4.48. The van der Waals surface area contributed by atoms with Gasteiger partial charge < -0.3 is 4.74 Å². The first kappa shape index (κ1) is 14.8. The van der Waals surface area contributed by atoms with Crippen molar-refractivity contribution in [2.75, 3.05) is 4.90 Å². The molecule has 4 heterocycles. The Morgan fingerprint density at radius 1 is 1.12 bits per heavy atom. The molecule has 0 N–H and O–H groups in total. The van der Waals surface area contributed by atoms with Crippen LogP contribution < -0.4 is 4.90 Å². The van der Waals surface area contributed by atoms with E-state index in [4.69, 9.17) is 4.74 Å². The molecule has 3 aliphatic rings. The number of fused-ring (bicyclic) bond motifs is 5. The number of rotatable bonds is 3. The van der Waals surface area contributed by atoms with Gasteiger partial charge in [0.1, 0.15) is 0 Å². The summed E-state index contributed by atoms with van der Waals surface area (Å²) in [6.45, 7) is 2.67. The zero-order valence-corrected chi connectivity index (χ0v) is 14.0. The third kappa shape index (κ3) is 2.10. The Hall–Kier alpha value is -2.47. The predicted molar refractivity (Wildman–Crippen MR) is 89.9 cm³/mol. The Kier molecular flexibility index (Phi) is 3.12. The van der Waals surface area contributed by atoms with Crippen molar-refractivity contribution in [2.45, 2.75) is 38.5 Å². The molecule has 1 aromatic heterocycles. The Morgan fingerprint density at radius 3 is 2.48 bits per heavy atom. The number of benzene rings is 1. The van der Waals surface area contributed by atoms with E-state index in [-0.39, 0.29) is 35.9 Å². The average molecular weight is 337 g/mol. The number of hydrogen-bond donors (Lipinski definition) is 0. The van der Waals surface area contributed by atoms with E-state index >= 15 is 0 Å². The van der Waals surface area contributed by atoms with Gasteiger partial charge in [-0.05, 0) is 30.9 Å². The second-order valence-electron chi connectivity index (χ2n) is 7.18. The number of nitrogens with zero attached hydrogens (tertiary/aromatic N) is 3. The van der Waals surface area contributed by atoms with Gasteiger partial charge >= 0.3 is 0 Å². The molecule has 0 saturated carbocycles. The van der Waals surface area contributed by atoms with E-state index in [0.717, 1.165) is 12.8 Å². The SMILES string of the molecule is Cc1ccccc1Cn1cc(N2C(=O)[C@@H]3[C@@H](C2=O)[C@@H]2CC[C@@H]3O2)cn1. The van der Waals surface area contributed by atoms with Crippen LogP contribution in [-0.2, 0) is 20.9 Å². The van der Waals surface area contributed by atoms with Crippen LogP contribution in [0.25, 0.3) is 0 Å². The Morgan fingerprint density at radius 2 is 1.80 bits per heavy atom. The number of aromatic nitrogens is 2. The molecule has 4 atom stereocenters. The van der Waals surface area contributed by atoms with Crippen molar-refractivity contribution < 1.29 is 14.3 Å². The summed E-state index contributed by atoms with van der Waals surface area (Å²) < 4.78 is 7.55. The number of carbonyl (C=O) groups excluding carboxylic acids is 2. The first-order valence-electron chi connectivity index (χ1n) is 8.74. The summed E-state index contributed by atoms with van der Waals surface area (Å²) >= 11 is 0.